The lowest BCUT2D eigenvalue weighted by Crippen LogP contribution is -2.53. The minimum atomic E-state index is -0.233. The van der Waals surface area contributed by atoms with Crippen LogP contribution in [0.1, 0.15) is 16.8 Å². The molecule has 1 aliphatic heterocycles. The summed E-state index contributed by atoms with van der Waals surface area (Å²) in [5.74, 6) is 0.844. The van der Waals surface area contributed by atoms with Gasteiger partial charge in [0.25, 0.3) is 0 Å². The van der Waals surface area contributed by atoms with E-state index in [4.69, 9.17) is 4.74 Å². The van der Waals surface area contributed by atoms with Crippen LogP contribution in [-0.2, 0) is 11.3 Å². The molecule has 1 saturated heterocycles. The molecule has 1 fully saturated rings. The molecule has 2 heterocycles. The highest BCUT2D eigenvalue weighted by Crippen LogP contribution is 2.11. The molecule has 122 valence electrons. The van der Waals surface area contributed by atoms with Crippen molar-refractivity contribution in [2.75, 3.05) is 39.8 Å². The van der Waals surface area contributed by atoms with Crippen LogP contribution in [0.4, 0.5) is 4.79 Å². The Bertz CT molecular complexity index is 523. The first kappa shape index (κ1) is 16.5. The smallest absolute Gasteiger partial charge is 0.409 e. The lowest BCUT2D eigenvalue weighted by atomic mass is 10.3. The van der Waals surface area contributed by atoms with Gasteiger partial charge in [-0.3, -0.25) is 4.99 Å². The largest absolute Gasteiger partial charge is 0.450 e. The van der Waals surface area contributed by atoms with E-state index < -0.39 is 0 Å². The molecule has 22 heavy (non-hydrogen) atoms. The Morgan fingerprint density at radius 3 is 2.64 bits per heavy atom. The molecule has 0 atom stereocenters. The second-order valence-electron chi connectivity index (χ2n) is 4.94. The quantitative estimate of drug-likeness (QED) is 0.670. The molecule has 7 nitrogen and oxygen atoms in total. The van der Waals surface area contributed by atoms with Crippen molar-refractivity contribution >= 4 is 23.4 Å². The third-order valence-corrected chi connectivity index (χ3v) is 4.30. The summed E-state index contributed by atoms with van der Waals surface area (Å²) >= 11 is 1.68. The topological polar surface area (TPSA) is 70.1 Å². The van der Waals surface area contributed by atoms with Crippen molar-refractivity contribution in [3.05, 3.63) is 16.1 Å². The SMILES string of the molecule is CCOC(=O)N1CCN(C(=NC)NCc2ncc(C)s2)CC1. The van der Waals surface area contributed by atoms with Gasteiger partial charge in [0.1, 0.15) is 5.01 Å². The van der Waals surface area contributed by atoms with E-state index in [1.54, 1.807) is 23.3 Å². The van der Waals surface area contributed by atoms with Crippen molar-refractivity contribution in [3.8, 4) is 0 Å². The van der Waals surface area contributed by atoms with Gasteiger partial charge in [0.2, 0.25) is 0 Å². The lowest BCUT2D eigenvalue weighted by molar-refractivity contribution is 0.0914. The van der Waals surface area contributed by atoms with Crippen LogP contribution in [0.15, 0.2) is 11.2 Å². The average molecular weight is 325 g/mol. The van der Waals surface area contributed by atoms with Crippen molar-refractivity contribution in [2.45, 2.75) is 20.4 Å². The molecule has 1 aromatic rings. The van der Waals surface area contributed by atoms with Gasteiger partial charge in [-0.05, 0) is 13.8 Å². The number of carbonyl (C=O) groups is 1. The van der Waals surface area contributed by atoms with Crippen molar-refractivity contribution in [2.24, 2.45) is 4.99 Å². The number of nitrogens with zero attached hydrogens (tertiary/aromatic N) is 4. The zero-order chi connectivity index (χ0) is 15.9. The van der Waals surface area contributed by atoms with E-state index in [-0.39, 0.29) is 6.09 Å². The number of hydrogen-bond acceptors (Lipinski definition) is 5. The Morgan fingerprint density at radius 2 is 2.09 bits per heavy atom. The highest BCUT2D eigenvalue weighted by Gasteiger charge is 2.23. The van der Waals surface area contributed by atoms with Crippen LogP contribution in [0.5, 0.6) is 0 Å². The number of carbonyl (C=O) groups excluding carboxylic acids is 1. The molecular formula is C14H23N5O2S. The van der Waals surface area contributed by atoms with Crippen LogP contribution in [0.25, 0.3) is 0 Å². The van der Waals surface area contributed by atoms with Crippen LogP contribution < -0.4 is 5.32 Å². The van der Waals surface area contributed by atoms with Crippen LogP contribution >= 0.6 is 11.3 Å². The molecule has 1 amide bonds. The predicted octanol–water partition coefficient (Wildman–Crippen LogP) is 1.30. The minimum absolute atomic E-state index is 0.233. The monoisotopic (exact) mass is 325 g/mol. The van der Waals surface area contributed by atoms with Crippen molar-refractivity contribution in [1.82, 2.24) is 20.1 Å². The number of aryl methyl sites for hydroxylation is 1. The lowest BCUT2D eigenvalue weighted by Gasteiger charge is -2.35. The minimum Gasteiger partial charge on any atom is -0.450 e. The molecular weight excluding hydrogens is 302 g/mol. The molecule has 0 radical (unpaired) electrons. The van der Waals surface area contributed by atoms with Gasteiger partial charge in [-0.1, -0.05) is 0 Å². The number of hydrogen-bond donors (Lipinski definition) is 1. The Hall–Kier alpha value is -1.83. The Kier molecular flexibility index (Phi) is 6.00. The van der Waals surface area contributed by atoms with Crippen molar-refractivity contribution < 1.29 is 9.53 Å². The normalized spacial score (nSPS) is 15.9. The predicted molar refractivity (Wildman–Crippen MR) is 87.2 cm³/mol. The van der Waals surface area contributed by atoms with Crippen LogP contribution in [-0.4, -0.2) is 66.7 Å². The maximum atomic E-state index is 11.7. The summed E-state index contributed by atoms with van der Waals surface area (Å²) in [5.41, 5.74) is 0. The first-order valence-corrected chi connectivity index (χ1v) is 8.24. The molecule has 8 heteroatoms. The Labute approximate surface area is 135 Å². The summed E-state index contributed by atoms with van der Waals surface area (Å²) in [6, 6.07) is 0. The molecule has 0 aromatic carbocycles. The number of ether oxygens (including phenoxy) is 1. The molecule has 0 saturated carbocycles. The fourth-order valence-electron chi connectivity index (χ4n) is 2.29. The van der Waals surface area contributed by atoms with Gasteiger partial charge in [0, 0.05) is 44.3 Å². The molecule has 0 aliphatic carbocycles. The number of guanidine groups is 1. The number of amides is 1. The number of thiazole rings is 1. The summed E-state index contributed by atoms with van der Waals surface area (Å²) in [5, 5.41) is 4.37. The zero-order valence-corrected chi connectivity index (χ0v) is 14.2. The number of rotatable bonds is 3. The van der Waals surface area contributed by atoms with E-state index in [9.17, 15) is 4.79 Å². The molecule has 0 unspecified atom stereocenters. The Morgan fingerprint density at radius 1 is 1.41 bits per heavy atom. The third-order valence-electron chi connectivity index (χ3n) is 3.38. The number of aromatic nitrogens is 1. The average Bonchev–Trinajstić information content (AvgIpc) is 2.94. The summed E-state index contributed by atoms with van der Waals surface area (Å²) in [4.78, 5) is 25.4. The molecule has 1 aliphatic rings. The first-order valence-electron chi connectivity index (χ1n) is 7.42. The van der Waals surface area contributed by atoms with Crippen LogP contribution in [0, 0.1) is 6.92 Å². The molecule has 1 aromatic heterocycles. The van der Waals surface area contributed by atoms with Gasteiger partial charge in [0.15, 0.2) is 5.96 Å². The maximum absolute atomic E-state index is 11.7. The van der Waals surface area contributed by atoms with Crippen LogP contribution in [0.2, 0.25) is 0 Å². The van der Waals surface area contributed by atoms with E-state index in [0.717, 1.165) is 24.1 Å². The number of piperazine rings is 1. The van der Waals surface area contributed by atoms with Gasteiger partial charge in [0.05, 0.1) is 13.2 Å². The maximum Gasteiger partial charge on any atom is 0.409 e. The highest BCUT2D eigenvalue weighted by molar-refractivity contribution is 7.11. The van der Waals surface area contributed by atoms with Gasteiger partial charge >= 0.3 is 6.09 Å². The fraction of sp³-hybridized carbons (Fsp3) is 0.643. The summed E-state index contributed by atoms with van der Waals surface area (Å²) < 4.78 is 5.03. The number of nitrogens with one attached hydrogen (secondary N) is 1. The molecule has 0 spiro atoms. The number of aliphatic imine (C=N–C) groups is 1. The second-order valence-corrected chi connectivity index (χ2v) is 6.26. The highest BCUT2D eigenvalue weighted by atomic mass is 32.1. The van der Waals surface area contributed by atoms with Crippen molar-refractivity contribution in [3.63, 3.8) is 0 Å². The third kappa shape index (κ3) is 4.33. The van der Waals surface area contributed by atoms with Gasteiger partial charge in [-0.2, -0.15) is 0 Å². The van der Waals surface area contributed by atoms with E-state index in [0.29, 0.717) is 26.2 Å². The molecule has 2 rings (SSSR count). The Balaban J connectivity index is 1.82. The standard InChI is InChI=1S/C14H23N5O2S/c1-4-21-14(20)19-7-5-18(6-8-19)13(15-3)17-10-12-16-9-11(2)22-12/h9H,4-8,10H2,1-3H3,(H,15,17). The van der Waals surface area contributed by atoms with E-state index in [1.165, 1.54) is 4.88 Å². The van der Waals surface area contributed by atoms with Gasteiger partial charge in [-0.25, -0.2) is 9.78 Å². The second kappa shape index (κ2) is 7.98. The fourth-order valence-corrected chi connectivity index (χ4v) is 3.01. The van der Waals surface area contributed by atoms with Gasteiger partial charge in [-0.15, -0.1) is 11.3 Å². The van der Waals surface area contributed by atoms with Crippen molar-refractivity contribution in [1.29, 1.82) is 0 Å². The summed E-state index contributed by atoms with van der Waals surface area (Å²) in [6.45, 7) is 7.74. The zero-order valence-electron chi connectivity index (χ0n) is 13.3. The summed E-state index contributed by atoms with van der Waals surface area (Å²) in [6.07, 6.45) is 1.64. The van der Waals surface area contributed by atoms with Gasteiger partial charge < -0.3 is 19.9 Å². The molecule has 1 N–H and O–H groups in total. The van der Waals surface area contributed by atoms with E-state index in [1.807, 2.05) is 20.0 Å². The molecule has 0 bridgehead atoms. The first-order chi connectivity index (χ1) is 10.6. The van der Waals surface area contributed by atoms with Crippen LogP contribution in [0.3, 0.4) is 0 Å². The van der Waals surface area contributed by atoms with E-state index in [2.05, 4.69) is 20.2 Å². The summed E-state index contributed by atoms with van der Waals surface area (Å²) in [7, 11) is 1.77. The van der Waals surface area contributed by atoms with E-state index >= 15 is 0 Å².